The van der Waals surface area contributed by atoms with Gasteiger partial charge in [-0.05, 0) is 44.9 Å². The quantitative estimate of drug-likeness (QED) is 0.721. The smallest absolute Gasteiger partial charge is 0.321 e. The van der Waals surface area contributed by atoms with E-state index in [1.807, 2.05) is 42.2 Å². The molecule has 5 heteroatoms. The molecule has 162 valence electrons. The van der Waals surface area contributed by atoms with Crippen LogP contribution in [-0.4, -0.2) is 67.2 Å². The van der Waals surface area contributed by atoms with E-state index in [4.69, 9.17) is 0 Å². The van der Waals surface area contributed by atoms with Crippen LogP contribution in [0.25, 0.3) is 0 Å². The molecule has 2 aromatic carbocycles. The normalized spacial score (nSPS) is 15.7. The second kappa shape index (κ2) is 10.6. The molecule has 2 amide bonds. The lowest BCUT2D eigenvalue weighted by atomic mass is 10.00. The van der Waals surface area contributed by atoms with Gasteiger partial charge in [0.2, 0.25) is 0 Å². The standard InChI is InChI=1S/C25H36N4O/c1-4-26-24(30)29(23-13-9-6-10-14-23)21-25(2,3)28-19-17-27(18-20-28)16-15-22-11-7-5-8-12-22/h5-14H,4,15-21H2,1-3H3,(H,26,30). The maximum atomic E-state index is 12.8. The Morgan fingerprint density at radius 2 is 1.57 bits per heavy atom. The third-order valence-corrected chi connectivity index (χ3v) is 5.97. The molecule has 1 aliphatic rings. The van der Waals surface area contributed by atoms with E-state index in [1.165, 1.54) is 5.56 Å². The summed E-state index contributed by atoms with van der Waals surface area (Å²) in [5.74, 6) is 0. The lowest BCUT2D eigenvalue weighted by molar-refractivity contribution is 0.0569. The number of rotatable bonds is 8. The summed E-state index contributed by atoms with van der Waals surface area (Å²) >= 11 is 0. The number of carbonyl (C=O) groups excluding carboxylic acids is 1. The highest BCUT2D eigenvalue weighted by molar-refractivity contribution is 5.92. The molecule has 0 saturated carbocycles. The van der Waals surface area contributed by atoms with E-state index in [9.17, 15) is 4.79 Å². The molecule has 0 spiro atoms. The minimum absolute atomic E-state index is 0.0294. The molecule has 0 atom stereocenters. The van der Waals surface area contributed by atoms with Gasteiger partial charge in [0.1, 0.15) is 0 Å². The van der Waals surface area contributed by atoms with E-state index in [2.05, 4.69) is 59.3 Å². The average Bonchev–Trinajstić information content (AvgIpc) is 2.78. The van der Waals surface area contributed by atoms with Crippen molar-refractivity contribution in [2.45, 2.75) is 32.7 Å². The van der Waals surface area contributed by atoms with Gasteiger partial charge in [0.15, 0.2) is 0 Å². The fourth-order valence-electron chi connectivity index (χ4n) is 4.13. The predicted octanol–water partition coefficient (Wildman–Crippen LogP) is 3.86. The maximum Gasteiger partial charge on any atom is 0.321 e. The molecule has 2 aromatic rings. The third kappa shape index (κ3) is 6.07. The van der Waals surface area contributed by atoms with Crippen LogP contribution in [-0.2, 0) is 6.42 Å². The Kier molecular flexibility index (Phi) is 7.88. The molecule has 0 aliphatic carbocycles. The molecule has 0 bridgehead atoms. The van der Waals surface area contributed by atoms with Gasteiger partial charge in [0.05, 0.1) is 0 Å². The molecular weight excluding hydrogens is 372 g/mol. The van der Waals surface area contributed by atoms with Crippen LogP contribution in [0.15, 0.2) is 60.7 Å². The van der Waals surface area contributed by atoms with Crippen molar-refractivity contribution in [2.75, 3.05) is 50.7 Å². The Morgan fingerprint density at radius 1 is 0.967 bits per heavy atom. The predicted molar refractivity (Wildman–Crippen MR) is 125 cm³/mol. The van der Waals surface area contributed by atoms with Crippen LogP contribution in [0.2, 0.25) is 0 Å². The van der Waals surface area contributed by atoms with Gasteiger partial charge in [-0.1, -0.05) is 48.5 Å². The summed E-state index contributed by atoms with van der Waals surface area (Å²) in [5, 5.41) is 2.97. The van der Waals surface area contributed by atoms with E-state index < -0.39 is 0 Å². The van der Waals surface area contributed by atoms with Crippen molar-refractivity contribution in [1.29, 1.82) is 0 Å². The van der Waals surface area contributed by atoms with Gasteiger partial charge in [0.25, 0.3) is 0 Å². The number of para-hydroxylation sites is 1. The summed E-state index contributed by atoms with van der Waals surface area (Å²) in [6.45, 7) is 13.1. The van der Waals surface area contributed by atoms with E-state index in [0.717, 1.165) is 44.8 Å². The summed E-state index contributed by atoms with van der Waals surface area (Å²) in [6.07, 6.45) is 1.10. The Morgan fingerprint density at radius 3 is 2.17 bits per heavy atom. The molecule has 1 saturated heterocycles. The monoisotopic (exact) mass is 408 g/mol. The van der Waals surface area contributed by atoms with Crippen molar-refractivity contribution >= 4 is 11.7 Å². The Balaban J connectivity index is 1.57. The summed E-state index contributed by atoms with van der Waals surface area (Å²) < 4.78 is 0. The Hall–Kier alpha value is -2.37. The van der Waals surface area contributed by atoms with Gasteiger partial charge in [-0.15, -0.1) is 0 Å². The highest BCUT2D eigenvalue weighted by atomic mass is 16.2. The first kappa shape index (κ1) is 22.3. The summed E-state index contributed by atoms with van der Waals surface area (Å²) in [6, 6.07) is 20.7. The minimum atomic E-state index is -0.105. The molecule has 0 aromatic heterocycles. The first-order chi connectivity index (χ1) is 14.5. The first-order valence-electron chi connectivity index (χ1n) is 11.1. The molecule has 30 heavy (non-hydrogen) atoms. The van der Waals surface area contributed by atoms with Crippen LogP contribution in [0.5, 0.6) is 0 Å². The zero-order valence-corrected chi connectivity index (χ0v) is 18.7. The molecular formula is C25H36N4O. The van der Waals surface area contributed by atoms with Crippen LogP contribution < -0.4 is 10.2 Å². The van der Waals surface area contributed by atoms with E-state index >= 15 is 0 Å². The molecule has 0 radical (unpaired) electrons. The summed E-state index contributed by atoms with van der Waals surface area (Å²) in [4.78, 5) is 19.7. The molecule has 1 fully saturated rings. The highest BCUT2D eigenvalue weighted by Gasteiger charge is 2.33. The fraction of sp³-hybridized carbons (Fsp3) is 0.480. The number of amides is 2. The first-order valence-corrected chi connectivity index (χ1v) is 11.1. The number of carbonyl (C=O) groups is 1. The van der Waals surface area contributed by atoms with Crippen LogP contribution >= 0.6 is 0 Å². The molecule has 3 rings (SSSR count). The number of hydrogen-bond donors (Lipinski definition) is 1. The van der Waals surface area contributed by atoms with Crippen molar-refractivity contribution in [3.8, 4) is 0 Å². The van der Waals surface area contributed by atoms with Gasteiger partial charge in [-0.2, -0.15) is 0 Å². The van der Waals surface area contributed by atoms with Crippen molar-refractivity contribution in [3.05, 3.63) is 66.2 Å². The number of hydrogen-bond acceptors (Lipinski definition) is 3. The second-order valence-electron chi connectivity index (χ2n) is 8.63. The summed E-state index contributed by atoms with van der Waals surface area (Å²) in [7, 11) is 0. The van der Waals surface area contributed by atoms with Crippen LogP contribution in [0, 0.1) is 0 Å². The zero-order valence-electron chi connectivity index (χ0n) is 18.7. The Bertz CT molecular complexity index is 770. The molecule has 0 unspecified atom stereocenters. The topological polar surface area (TPSA) is 38.8 Å². The van der Waals surface area contributed by atoms with Crippen molar-refractivity contribution < 1.29 is 4.79 Å². The highest BCUT2D eigenvalue weighted by Crippen LogP contribution is 2.23. The lowest BCUT2D eigenvalue weighted by Gasteiger charge is -2.46. The third-order valence-electron chi connectivity index (χ3n) is 5.97. The summed E-state index contributed by atoms with van der Waals surface area (Å²) in [5.41, 5.74) is 2.24. The average molecular weight is 409 g/mol. The number of nitrogens with one attached hydrogen (secondary N) is 1. The van der Waals surface area contributed by atoms with Gasteiger partial charge >= 0.3 is 6.03 Å². The largest absolute Gasteiger partial charge is 0.338 e. The molecule has 1 heterocycles. The number of urea groups is 1. The Labute approximate surface area is 181 Å². The molecule has 1 aliphatic heterocycles. The number of nitrogens with zero attached hydrogens (tertiary/aromatic N) is 3. The van der Waals surface area contributed by atoms with Gasteiger partial charge < -0.3 is 10.2 Å². The fourth-order valence-corrected chi connectivity index (χ4v) is 4.13. The molecule has 5 nitrogen and oxygen atoms in total. The lowest BCUT2D eigenvalue weighted by Crippen LogP contribution is -2.60. The minimum Gasteiger partial charge on any atom is -0.338 e. The number of piperazine rings is 1. The van der Waals surface area contributed by atoms with Crippen molar-refractivity contribution in [1.82, 2.24) is 15.1 Å². The maximum absolute atomic E-state index is 12.8. The number of anilines is 1. The van der Waals surface area contributed by atoms with Crippen molar-refractivity contribution in [2.24, 2.45) is 0 Å². The van der Waals surface area contributed by atoms with Gasteiger partial charge in [-0.25, -0.2) is 4.79 Å². The number of benzene rings is 2. The second-order valence-corrected chi connectivity index (χ2v) is 8.63. The van der Waals surface area contributed by atoms with E-state index in [-0.39, 0.29) is 11.6 Å². The zero-order chi connectivity index (χ0) is 21.4. The van der Waals surface area contributed by atoms with E-state index in [1.54, 1.807) is 0 Å². The van der Waals surface area contributed by atoms with Gasteiger partial charge in [0, 0.05) is 57.0 Å². The molecule has 1 N–H and O–H groups in total. The van der Waals surface area contributed by atoms with E-state index in [0.29, 0.717) is 13.1 Å². The van der Waals surface area contributed by atoms with Crippen molar-refractivity contribution in [3.63, 3.8) is 0 Å². The van der Waals surface area contributed by atoms with Crippen LogP contribution in [0.3, 0.4) is 0 Å². The SMILES string of the molecule is CCNC(=O)N(CC(C)(C)N1CCN(CCc2ccccc2)CC1)c1ccccc1. The van der Waals surface area contributed by atoms with Crippen LogP contribution in [0.1, 0.15) is 26.3 Å². The van der Waals surface area contributed by atoms with Crippen LogP contribution in [0.4, 0.5) is 10.5 Å². The van der Waals surface area contributed by atoms with Gasteiger partial charge in [-0.3, -0.25) is 9.80 Å².